The van der Waals surface area contributed by atoms with Crippen molar-refractivity contribution in [1.29, 1.82) is 0 Å². The molecule has 0 unspecified atom stereocenters. The normalized spacial score (nSPS) is 13.2. The number of benzene rings is 2. The molecule has 0 fully saturated rings. The summed E-state index contributed by atoms with van der Waals surface area (Å²) >= 11 is 0. The van der Waals surface area contributed by atoms with Gasteiger partial charge in [0.15, 0.2) is 5.78 Å². The molecule has 0 aliphatic heterocycles. The van der Waals surface area contributed by atoms with Gasteiger partial charge in [0.25, 0.3) is 0 Å². The zero-order valence-corrected chi connectivity index (χ0v) is 12.9. The van der Waals surface area contributed by atoms with Crippen LogP contribution in [0, 0.1) is 0 Å². The number of ketones is 1. The molecule has 0 radical (unpaired) electrons. The predicted octanol–water partition coefficient (Wildman–Crippen LogP) is 2.94. The third kappa shape index (κ3) is 3.44. The molecule has 6 heteroatoms. The van der Waals surface area contributed by atoms with Crippen molar-refractivity contribution >= 4 is 45.6 Å². The lowest BCUT2D eigenvalue weighted by Gasteiger charge is -2.12. The predicted molar refractivity (Wildman–Crippen MR) is 99.8 cm³/mol. The van der Waals surface area contributed by atoms with Gasteiger partial charge in [-0.1, -0.05) is 0 Å². The maximum atomic E-state index is 11.2. The lowest BCUT2D eigenvalue weighted by atomic mass is 10.1. The van der Waals surface area contributed by atoms with E-state index in [0.717, 1.165) is 5.69 Å². The van der Waals surface area contributed by atoms with Crippen LogP contribution in [0.1, 0.15) is 0 Å². The first kappa shape index (κ1) is 15.4. The number of hydrogen-bond donors (Lipinski definition) is 4. The molecule has 0 heterocycles. The Morgan fingerprint density at radius 2 is 1.50 bits per heavy atom. The molecule has 7 N–H and O–H groups in total. The summed E-state index contributed by atoms with van der Waals surface area (Å²) < 4.78 is 0. The molecular weight excluding hydrogens is 302 g/mol. The number of nitrogens with two attached hydrogens (primary N) is 3. The van der Waals surface area contributed by atoms with Gasteiger partial charge in [-0.05, 0) is 60.7 Å². The van der Waals surface area contributed by atoms with Crippen LogP contribution < -0.4 is 22.5 Å². The van der Waals surface area contributed by atoms with E-state index in [-0.39, 0.29) is 5.78 Å². The second-order valence-corrected chi connectivity index (χ2v) is 5.35. The third-order valence-electron chi connectivity index (χ3n) is 3.47. The van der Waals surface area contributed by atoms with Crippen LogP contribution in [0.5, 0.6) is 0 Å². The van der Waals surface area contributed by atoms with E-state index in [4.69, 9.17) is 17.2 Å². The SMILES string of the molecule is Nc1ccc(Nc2cc(N=C3C=CC(=O)C=C3)c(N)cc2N)cc1. The average Bonchev–Trinajstić information content (AvgIpc) is 2.56. The topological polar surface area (TPSA) is 120 Å². The lowest BCUT2D eigenvalue weighted by Crippen LogP contribution is -2.01. The molecule has 2 aromatic carbocycles. The van der Waals surface area contributed by atoms with E-state index in [2.05, 4.69) is 10.3 Å². The maximum Gasteiger partial charge on any atom is 0.178 e. The molecule has 1 aliphatic carbocycles. The Labute approximate surface area is 139 Å². The van der Waals surface area contributed by atoms with Gasteiger partial charge in [0, 0.05) is 11.4 Å². The Hall–Kier alpha value is -3.54. The molecule has 0 atom stereocenters. The molecule has 120 valence electrons. The fourth-order valence-corrected chi connectivity index (χ4v) is 2.21. The summed E-state index contributed by atoms with van der Waals surface area (Å²) in [6, 6.07) is 10.7. The summed E-state index contributed by atoms with van der Waals surface area (Å²) in [6.45, 7) is 0. The summed E-state index contributed by atoms with van der Waals surface area (Å²) in [5.41, 5.74) is 22.1. The number of rotatable bonds is 3. The van der Waals surface area contributed by atoms with Crippen molar-refractivity contribution in [2.75, 3.05) is 22.5 Å². The van der Waals surface area contributed by atoms with E-state index >= 15 is 0 Å². The molecule has 6 nitrogen and oxygen atoms in total. The Kier molecular flexibility index (Phi) is 4.03. The second-order valence-electron chi connectivity index (χ2n) is 5.35. The standard InChI is InChI=1S/C18H17N5O/c19-11-1-3-12(4-2-11)22-17-10-18(16(21)9-15(17)20)23-13-5-7-14(24)8-6-13/h1-10,22H,19-21H2. The van der Waals surface area contributed by atoms with Gasteiger partial charge in [-0.2, -0.15) is 0 Å². The smallest absolute Gasteiger partial charge is 0.178 e. The van der Waals surface area contributed by atoms with Crippen LogP contribution >= 0.6 is 0 Å². The zero-order valence-electron chi connectivity index (χ0n) is 12.9. The summed E-state index contributed by atoms with van der Waals surface area (Å²) in [6.07, 6.45) is 6.20. The third-order valence-corrected chi connectivity index (χ3v) is 3.47. The van der Waals surface area contributed by atoms with Crippen molar-refractivity contribution in [2.24, 2.45) is 4.99 Å². The van der Waals surface area contributed by atoms with Gasteiger partial charge < -0.3 is 22.5 Å². The van der Waals surface area contributed by atoms with E-state index < -0.39 is 0 Å². The fraction of sp³-hybridized carbons (Fsp3) is 0. The highest BCUT2D eigenvalue weighted by molar-refractivity contribution is 6.17. The molecule has 2 aromatic rings. The van der Waals surface area contributed by atoms with Crippen molar-refractivity contribution in [3.8, 4) is 0 Å². The van der Waals surface area contributed by atoms with Gasteiger partial charge >= 0.3 is 0 Å². The minimum Gasteiger partial charge on any atom is -0.399 e. The first-order valence-electron chi connectivity index (χ1n) is 7.31. The summed E-state index contributed by atoms with van der Waals surface area (Å²) in [5, 5.41) is 3.22. The van der Waals surface area contributed by atoms with Crippen molar-refractivity contribution in [3.05, 3.63) is 60.7 Å². The summed E-state index contributed by atoms with van der Waals surface area (Å²) in [7, 11) is 0. The minimum absolute atomic E-state index is 0.0649. The minimum atomic E-state index is -0.0649. The van der Waals surface area contributed by atoms with Crippen LogP contribution in [0.3, 0.4) is 0 Å². The van der Waals surface area contributed by atoms with E-state index in [1.807, 2.05) is 12.1 Å². The summed E-state index contributed by atoms with van der Waals surface area (Å²) in [5.74, 6) is -0.0649. The Balaban J connectivity index is 1.92. The number of hydrogen-bond acceptors (Lipinski definition) is 6. The highest BCUT2D eigenvalue weighted by Crippen LogP contribution is 2.33. The lowest BCUT2D eigenvalue weighted by molar-refractivity contribution is -0.110. The first-order valence-corrected chi connectivity index (χ1v) is 7.31. The number of carbonyl (C=O) groups excluding carboxylic acids is 1. The van der Waals surface area contributed by atoms with Crippen molar-refractivity contribution in [2.45, 2.75) is 0 Å². The van der Waals surface area contributed by atoms with Crippen LogP contribution in [-0.2, 0) is 4.79 Å². The van der Waals surface area contributed by atoms with Gasteiger partial charge in [-0.15, -0.1) is 0 Å². The van der Waals surface area contributed by atoms with Gasteiger partial charge in [-0.3, -0.25) is 4.79 Å². The summed E-state index contributed by atoms with van der Waals surface area (Å²) in [4.78, 5) is 15.6. The second kappa shape index (κ2) is 6.29. The number of anilines is 5. The number of nitrogen functional groups attached to an aromatic ring is 3. The van der Waals surface area contributed by atoms with Gasteiger partial charge in [0.2, 0.25) is 0 Å². The van der Waals surface area contributed by atoms with E-state index in [1.54, 1.807) is 36.4 Å². The van der Waals surface area contributed by atoms with Gasteiger partial charge in [0.1, 0.15) is 0 Å². The van der Waals surface area contributed by atoms with Gasteiger partial charge in [-0.25, -0.2) is 4.99 Å². The number of carbonyl (C=O) groups is 1. The average molecular weight is 319 g/mol. The van der Waals surface area contributed by atoms with Crippen LogP contribution in [0.4, 0.5) is 34.1 Å². The number of allylic oxidation sites excluding steroid dienone is 4. The molecular formula is C18H17N5O. The highest BCUT2D eigenvalue weighted by Gasteiger charge is 2.08. The van der Waals surface area contributed by atoms with Gasteiger partial charge in [0.05, 0.1) is 28.5 Å². The van der Waals surface area contributed by atoms with Crippen molar-refractivity contribution < 1.29 is 4.79 Å². The van der Waals surface area contributed by atoms with E-state index in [1.165, 1.54) is 12.2 Å². The molecule has 0 saturated carbocycles. The van der Waals surface area contributed by atoms with E-state index in [9.17, 15) is 4.79 Å². The molecule has 3 rings (SSSR count). The van der Waals surface area contributed by atoms with Crippen molar-refractivity contribution in [1.82, 2.24) is 0 Å². The first-order chi connectivity index (χ1) is 11.5. The fourth-order valence-electron chi connectivity index (χ4n) is 2.21. The zero-order chi connectivity index (χ0) is 17.1. The van der Waals surface area contributed by atoms with Crippen LogP contribution in [0.25, 0.3) is 0 Å². The van der Waals surface area contributed by atoms with Crippen LogP contribution in [0.2, 0.25) is 0 Å². The Morgan fingerprint density at radius 1 is 0.833 bits per heavy atom. The quantitative estimate of drug-likeness (QED) is 0.512. The van der Waals surface area contributed by atoms with Crippen LogP contribution in [0.15, 0.2) is 65.7 Å². The molecule has 0 saturated heterocycles. The number of aliphatic imine (C=N–C) groups is 1. The molecule has 0 aromatic heterocycles. The van der Waals surface area contributed by atoms with Crippen molar-refractivity contribution in [3.63, 3.8) is 0 Å². The monoisotopic (exact) mass is 319 g/mol. The Morgan fingerprint density at radius 3 is 2.17 bits per heavy atom. The molecule has 1 aliphatic rings. The molecule has 0 amide bonds. The number of nitrogens with one attached hydrogen (secondary N) is 1. The molecule has 0 spiro atoms. The maximum absolute atomic E-state index is 11.2. The Bertz CT molecular complexity index is 861. The molecule has 24 heavy (non-hydrogen) atoms. The molecule has 0 bridgehead atoms. The van der Waals surface area contributed by atoms with E-state index in [0.29, 0.717) is 34.1 Å². The van der Waals surface area contributed by atoms with Crippen LogP contribution in [-0.4, -0.2) is 11.5 Å². The highest BCUT2D eigenvalue weighted by atomic mass is 16.1. The number of nitrogens with zero attached hydrogens (tertiary/aromatic N) is 1. The largest absolute Gasteiger partial charge is 0.399 e.